The molecule has 0 atom stereocenters. The molecule has 1 aliphatic rings. The van der Waals surface area contributed by atoms with Gasteiger partial charge in [-0.2, -0.15) is 0 Å². The smallest absolute Gasteiger partial charge is 0.333 e. The van der Waals surface area contributed by atoms with Crippen molar-refractivity contribution in [2.75, 3.05) is 0 Å². The highest BCUT2D eigenvalue weighted by Gasteiger charge is 2.38. The topological polar surface area (TPSA) is 92.4 Å². The van der Waals surface area contributed by atoms with Crippen LogP contribution in [0.1, 0.15) is 38.5 Å². The number of hydrogen-bond donors (Lipinski definition) is 1. The second-order valence-electron chi connectivity index (χ2n) is 6.07. The predicted molar refractivity (Wildman–Crippen MR) is 92.2 cm³/mol. The molecule has 0 spiro atoms. The lowest BCUT2D eigenvalue weighted by atomic mass is 10.1. The van der Waals surface area contributed by atoms with E-state index in [-0.39, 0.29) is 17.5 Å². The number of carbonyl (C=O) groups is 3. The Balaban J connectivity index is 1.42. The maximum atomic E-state index is 12.2. The van der Waals surface area contributed by atoms with E-state index in [1.165, 1.54) is 12.1 Å². The number of H-pyrrole nitrogens is 1. The van der Waals surface area contributed by atoms with Gasteiger partial charge in [-0.1, -0.05) is 29.3 Å². The molecule has 2 aromatic carbocycles. The number of nitrogens with zero attached hydrogens (tertiary/aromatic N) is 2. The first kappa shape index (κ1) is 16.0. The number of benzene rings is 2. The number of fused-ring (bicyclic) bond motifs is 2. The van der Waals surface area contributed by atoms with Crippen molar-refractivity contribution in [3.63, 3.8) is 0 Å². The average molecular weight is 349 g/mol. The van der Waals surface area contributed by atoms with Crippen LogP contribution in [0.3, 0.4) is 0 Å². The summed E-state index contributed by atoms with van der Waals surface area (Å²) in [5, 5.41) is 0.524. The van der Waals surface area contributed by atoms with Gasteiger partial charge >= 0.3 is 5.97 Å². The molecule has 0 saturated heterocycles. The minimum Gasteiger partial charge on any atom is -0.342 e. The highest BCUT2D eigenvalue weighted by atomic mass is 16.7. The summed E-state index contributed by atoms with van der Waals surface area (Å²) < 4.78 is 0. The van der Waals surface area contributed by atoms with E-state index in [4.69, 9.17) is 4.84 Å². The fraction of sp³-hybridized carbons (Fsp3) is 0.158. The van der Waals surface area contributed by atoms with E-state index >= 15 is 0 Å². The molecule has 1 aliphatic heterocycles. The lowest BCUT2D eigenvalue weighted by molar-refractivity contribution is -0.168. The second kappa shape index (κ2) is 6.11. The first-order valence-corrected chi connectivity index (χ1v) is 8.17. The van der Waals surface area contributed by atoms with Crippen LogP contribution >= 0.6 is 0 Å². The van der Waals surface area contributed by atoms with Crippen molar-refractivity contribution in [3.05, 3.63) is 65.0 Å². The number of aromatic amines is 1. The summed E-state index contributed by atoms with van der Waals surface area (Å²) in [6.07, 6.45) is 0.308. The number of hydrogen-bond acceptors (Lipinski definition) is 5. The van der Waals surface area contributed by atoms with Gasteiger partial charge in [-0.25, -0.2) is 9.78 Å². The average Bonchev–Trinajstić information content (AvgIpc) is 3.16. The van der Waals surface area contributed by atoms with Gasteiger partial charge in [-0.05, 0) is 30.7 Å². The van der Waals surface area contributed by atoms with Gasteiger partial charge in [0.1, 0.15) is 5.82 Å². The van der Waals surface area contributed by atoms with Crippen LogP contribution in [0.25, 0.3) is 11.0 Å². The van der Waals surface area contributed by atoms with Crippen molar-refractivity contribution in [1.82, 2.24) is 15.0 Å². The number of hydroxylamine groups is 2. The van der Waals surface area contributed by atoms with Gasteiger partial charge in [0.25, 0.3) is 11.8 Å². The van der Waals surface area contributed by atoms with Gasteiger partial charge in [0.15, 0.2) is 0 Å². The maximum Gasteiger partial charge on any atom is 0.333 e. The van der Waals surface area contributed by atoms with E-state index in [1.807, 2.05) is 25.1 Å². The zero-order valence-electron chi connectivity index (χ0n) is 14.0. The van der Waals surface area contributed by atoms with Crippen LogP contribution in [0.2, 0.25) is 0 Å². The quantitative estimate of drug-likeness (QED) is 0.731. The predicted octanol–water partition coefficient (Wildman–Crippen LogP) is 2.56. The molecule has 7 nitrogen and oxygen atoms in total. The van der Waals surface area contributed by atoms with E-state index in [0.29, 0.717) is 17.3 Å². The second-order valence-corrected chi connectivity index (χ2v) is 6.07. The van der Waals surface area contributed by atoms with Gasteiger partial charge in [0.05, 0.1) is 28.6 Å². The third-order valence-electron chi connectivity index (χ3n) is 4.28. The van der Waals surface area contributed by atoms with E-state index in [9.17, 15) is 14.4 Å². The molecule has 0 fully saturated rings. The highest BCUT2D eigenvalue weighted by Crippen LogP contribution is 2.23. The Morgan fingerprint density at radius 3 is 2.42 bits per heavy atom. The zero-order chi connectivity index (χ0) is 18.3. The third-order valence-corrected chi connectivity index (χ3v) is 4.28. The van der Waals surface area contributed by atoms with Crippen LogP contribution in [0.5, 0.6) is 0 Å². The Morgan fingerprint density at radius 1 is 1.08 bits per heavy atom. The van der Waals surface area contributed by atoms with Gasteiger partial charge in [0, 0.05) is 6.42 Å². The fourth-order valence-electron chi connectivity index (χ4n) is 2.96. The molecule has 0 aliphatic carbocycles. The summed E-state index contributed by atoms with van der Waals surface area (Å²) in [7, 11) is 0. The summed E-state index contributed by atoms with van der Waals surface area (Å²) in [4.78, 5) is 49.1. The van der Waals surface area contributed by atoms with E-state index in [0.717, 1.165) is 16.6 Å². The molecular weight excluding hydrogens is 334 g/mol. The third kappa shape index (κ3) is 2.63. The number of nitrogens with one attached hydrogen (secondary N) is 1. The number of rotatable bonds is 4. The van der Waals surface area contributed by atoms with Crippen molar-refractivity contribution in [1.29, 1.82) is 0 Å². The first-order chi connectivity index (χ1) is 12.5. The Kier molecular flexibility index (Phi) is 3.76. The van der Waals surface area contributed by atoms with E-state index in [2.05, 4.69) is 9.97 Å². The van der Waals surface area contributed by atoms with Crippen LogP contribution in [0.4, 0.5) is 0 Å². The summed E-state index contributed by atoms with van der Waals surface area (Å²) in [6.45, 7) is 1.96. The first-order valence-electron chi connectivity index (χ1n) is 8.17. The monoisotopic (exact) mass is 349 g/mol. The van der Waals surface area contributed by atoms with Gasteiger partial charge in [0.2, 0.25) is 0 Å². The molecule has 0 unspecified atom stereocenters. The Morgan fingerprint density at radius 2 is 1.77 bits per heavy atom. The highest BCUT2D eigenvalue weighted by molar-refractivity contribution is 6.20. The number of carbonyl (C=O) groups excluding carboxylic acids is 3. The minimum absolute atomic E-state index is 0.00766. The van der Waals surface area contributed by atoms with Crippen LogP contribution in [0.15, 0.2) is 42.5 Å². The summed E-state index contributed by atoms with van der Waals surface area (Å²) in [5.74, 6) is -1.28. The van der Waals surface area contributed by atoms with E-state index < -0.39 is 17.8 Å². The summed E-state index contributed by atoms with van der Waals surface area (Å²) in [6, 6.07) is 12.2. The molecule has 130 valence electrons. The Bertz CT molecular complexity index is 1020. The molecule has 2 amide bonds. The van der Waals surface area contributed by atoms with Crippen LogP contribution in [0, 0.1) is 6.92 Å². The largest absolute Gasteiger partial charge is 0.342 e. The standard InChI is InChI=1S/C19H15N3O4/c1-11-5-4-8-14-17(11)21-15(20-14)9-10-16(23)26-22-18(24)12-6-2-3-7-13(12)19(22)25/h2-8H,9-10H2,1H3,(H,20,21). The number of aryl methyl sites for hydroxylation is 2. The van der Waals surface area contributed by atoms with Gasteiger partial charge in [-0.3, -0.25) is 9.59 Å². The SMILES string of the molecule is Cc1cccc2[nH]c(CCC(=O)ON3C(=O)c4ccccc4C3=O)nc12. The lowest BCUT2D eigenvalue weighted by Crippen LogP contribution is -2.32. The van der Waals surface area contributed by atoms with Crippen molar-refractivity contribution in [2.24, 2.45) is 0 Å². The maximum absolute atomic E-state index is 12.2. The molecule has 4 rings (SSSR count). The number of para-hydroxylation sites is 1. The van der Waals surface area contributed by atoms with Gasteiger partial charge < -0.3 is 9.82 Å². The Labute approximate surface area is 148 Å². The van der Waals surface area contributed by atoms with Crippen LogP contribution in [-0.4, -0.2) is 32.8 Å². The normalized spacial score (nSPS) is 13.3. The van der Waals surface area contributed by atoms with Crippen molar-refractivity contribution < 1.29 is 19.2 Å². The molecular formula is C19H15N3O4. The molecule has 0 bridgehead atoms. The number of imidazole rings is 1. The molecule has 3 aromatic rings. The lowest BCUT2D eigenvalue weighted by Gasteiger charge is -2.12. The van der Waals surface area contributed by atoms with Gasteiger partial charge in [-0.15, -0.1) is 0 Å². The van der Waals surface area contributed by atoms with Crippen molar-refractivity contribution in [2.45, 2.75) is 19.8 Å². The fourth-order valence-corrected chi connectivity index (χ4v) is 2.96. The van der Waals surface area contributed by atoms with Crippen LogP contribution < -0.4 is 0 Å². The summed E-state index contributed by atoms with van der Waals surface area (Å²) >= 11 is 0. The number of aromatic nitrogens is 2. The molecule has 0 saturated carbocycles. The van der Waals surface area contributed by atoms with Crippen LogP contribution in [-0.2, 0) is 16.1 Å². The number of amides is 2. The molecule has 0 radical (unpaired) electrons. The van der Waals surface area contributed by atoms with Crippen molar-refractivity contribution in [3.8, 4) is 0 Å². The molecule has 26 heavy (non-hydrogen) atoms. The Hall–Kier alpha value is -3.48. The summed E-state index contributed by atoms with van der Waals surface area (Å²) in [5.41, 5.74) is 3.26. The minimum atomic E-state index is -0.670. The zero-order valence-corrected chi connectivity index (χ0v) is 14.0. The number of imide groups is 1. The molecule has 7 heteroatoms. The molecule has 2 heterocycles. The molecule has 1 N–H and O–H groups in total. The van der Waals surface area contributed by atoms with Crippen molar-refractivity contribution >= 4 is 28.8 Å². The molecule has 1 aromatic heterocycles. The van der Waals surface area contributed by atoms with E-state index in [1.54, 1.807) is 12.1 Å².